The van der Waals surface area contributed by atoms with Gasteiger partial charge in [-0.3, -0.25) is 9.59 Å². The van der Waals surface area contributed by atoms with Crippen LogP contribution in [0.25, 0.3) is 0 Å². The highest BCUT2D eigenvalue weighted by Crippen LogP contribution is 2.18. The second-order valence-electron chi connectivity index (χ2n) is 4.57. The fourth-order valence-electron chi connectivity index (χ4n) is 2.04. The quantitative estimate of drug-likeness (QED) is 0.617. The minimum absolute atomic E-state index is 0.0786. The van der Waals surface area contributed by atoms with Crippen LogP contribution >= 0.6 is 0 Å². The molecular formula is C13H11N3O5. The summed E-state index contributed by atoms with van der Waals surface area (Å²) >= 11 is 0. The van der Waals surface area contributed by atoms with E-state index >= 15 is 0 Å². The molecule has 21 heavy (non-hydrogen) atoms. The predicted molar refractivity (Wildman–Crippen MR) is 66.4 cm³/mol. The summed E-state index contributed by atoms with van der Waals surface area (Å²) in [4.78, 5) is 37.6. The van der Waals surface area contributed by atoms with Crippen LogP contribution in [0.5, 0.6) is 0 Å². The minimum atomic E-state index is -0.882. The van der Waals surface area contributed by atoms with Gasteiger partial charge in [0.25, 0.3) is 0 Å². The number of furan rings is 1. The maximum absolute atomic E-state index is 12.2. The molecule has 8 nitrogen and oxygen atoms in total. The van der Waals surface area contributed by atoms with Gasteiger partial charge >= 0.3 is 17.8 Å². The molecule has 1 fully saturated rings. The monoisotopic (exact) mass is 289 g/mol. The number of aryl methyl sites for hydroxylation is 1. The van der Waals surface area contributed by atoms with Gasteiger partial charge in [-0.15, -0.1) is 0 Å². The lowest BCUT2D eigenvalue weighted by molar-refractivity contribution is -0.143. The van der Waals surface area contributed by atoms with E-state index in [-0.39, 0.29) is 13.1 Å². The van der Waals surface area contributed by atoms with E-state index in [1.54, 1.807) is 25.1 Å². The molecule has 0 unspecified atom stereocenters. The van der Waals surface area contributed by atoms with Gasteiger partial charge in [-0.05, 0) is 19.1 Å². The van der Waals surface area contributed by atoms with Crippen molar-refractivity contribution in [2.24, 2.45) is 0 Å². The Labute approximate surface area is 118 Å². The highest BCUT2D eigenvalue weighted by atomic mass is 16.5. The van der Waals surface area contributed by atoms with Gasteiger partial charge in [0.05, 0.1) is 19.4 Å². The Morgan fingerprint density at radius 3 is 2.43 bits per heavy atom. The van der Waals surface area contributed by atoms with Crippen molar-refractivity contribution in [2.45, 2.75) is 20.0 Å². The summed E-state index contributed by atoms with van der Waals surface area (Å²) in [5.74, 6) is -0.782. The number of rotatable bonds is 4. The zero-order chi connectivity index (χ0) is 15.0. The van der Waals surface area contributed by atoms with E-state index in [0.717, 1.165) is 9.80 Å². The van der Waals surface area contributed by atoms with Crippen LogP contribution in [0, 0.1) is 6.92 Å². The number of carbonyl (C=O) groups excluding carboxylic acids is 3. The Balaban J connectivity index is 1.78. The third kappa shape index (κ3) is 2.31. The number of amides is 4. The van der Waals surface area contributed by atoms with E-state index in [1.165, 1.54) is 6.26 Å². The number of hydrogen-bond acceptors (Lipinski definition) is 6. The van der Waals surface area contributed by atoms with Crippen molar-refractivity contribution in [1.82, 2.24) is 15.0 Å². The Morgan fingerprint density at radius 1 is 1.14 bits per heavy atom. The van der Waals surface area contributed by atoms with Gasteiger partial charge in [-0.25, -0.2) is 14.6 Å². The molecule has 2 aromatic heterocycles. The molecule has 0 saturated carbocycles. The molecule has 0 atom stereocenters. The average molecular weight is 289 g/mol. The maximum Gasteiger partial charge on any atom is 0.335 e. The molecule has 1 saturated heterocycles. The summed E-state index contributed by atoms with van der Waals surface area (Å²) in [7, 11) is 0. The lowest BCUT2D eigenvalue weighted by Gasteiger charge is -2.13. The first-order valence-corrected chi connectivity index (χ1v) is 6.18. The number of hydrogen-bond donors (Lipinski definition) is 0. The molecule has 8 heteroatoms. The predicted octanol–water partition coefficient (Wildman–Crippen LogP) is 1.07. The maximum atomic E-state index is 12.2. The van der Waals surface area contributed by atoms with Crippen molar-refractivity contribution in [2.75, 3.05) is 0 Å². The van der Waals surface area contributed by atoms with Gasteiger partial charge in [-0.2, -0.15) is 0 Å². The zero-order valence-corrected chi connectivity index (χ0v) is 11.1. The third-order valence-electron chi connectivity index (χ3n) is 3.03. The molecule has 0 N–H and O–H groups in total. The standard InChI is InChI=1S/C13H11N3O5/c1-8-5-9(14-21-8)6-15-11(17)12(18)16(13(15)19)7-10-3-2-4-20-10/h2-5H,6-7H2,1H3. The van der Waals surface area contributed by atoms with Gasteiger partial charge in [0, 0.05) is 6.07 Å². The van der Waals surface area contributed by atoms with Crippen molar-refractivity contribution in [3.63, 3.8) is 0 Å². The molecule has 4 amide bonds. The number of carbonyl (C=O) groups is 3. The first-order valence-electron chi connectivity index (χ1n) is 6.18. The van der Waals surface area contributed by atoms with E-state index in [2.05, 4.69) is 5.16 Å². The topological polar surface area (TPSA) is 96.9 Å². The summed E-state index contributed by atoms with van der Waals surface area (Å²) < 4.78 is 9.95. The summed E-state index contributed by atoms with van der Waals surface area (Å²) in [6, 6.07) is 4.16. The Hall–Kier alpha value is -2.90. The van der Waals surface area contributed by atoms with E-state index in [0.29, 0.717) is 17.2 Å². The highest BCUT2D eigenvalue weighted by molar-refractivity contribution is 6.44. The number of urea groups is 1. The molecule has 0 aliphatic carbocycles. The summed E-state index contributed by atoms with van der Waals surface area (Å²) in [5.41, 5.74) is 0.404. The summed E-state index contributed by atoms with van der Waals surface area (Å²) in [5, 5.41) is 3.70. The van der Waals surface area contributed by atoms with Crippen LogP contribution < -0.4 is 0 Å². The lowest BCUT2D eigenvalue weighted by atomic mass is 10.3. The first kappa shape index (κ1) is 13.1. The van der Waals surface area contributed by atoms with Gasteiger partial charge in [0.2, 0.25) is 0 Å². The van der Waals surface area contributed by atoms with Crippen molar-refractivity contribution < 1.29 is 23.3 Å². The van der Waals surface area contributed by atoms with Crippen LogP contribution in [0.4, 0.5) is 4.79 Å². The van der Waals surface area contributed by atoms with Crippen molar-refractivity contribution in [3.8, 4) is 0 Å². The zero-order valence-electron chi connectivity index (χ0n) is 11.1. The molecular weight excluding hydrogens is 278 g/mol. The molecule has 1 aliphatic rings. The molecule has 2 aromatic rings. The molecule has 0 spiro atoms. The Morgan fingerprint density at radius 2 is 1.86 bits per heavy atom. The smallest absolute Gasteiger partial charge is 0.335 e. The van der Waals surface area contributed by atoms with E-state index < -0.39 is 17.8 Å². The fourth-order valence-corrected chi connectivity index (χ4v) is 2.04. The van der Waals surface area contributed by atoms with Crippen LogP contribution in [0.15, 0.2) is 33.4 Å². The average Bonchev–Trinajstić information content (AvgIpc) is 3.14. The Kier molecular flexibility index (Phi) is 3.05. The van der Waals surface area contributed by atoms with Crippen LogP contribution in [0.1, 0.15) is 17.2 Å². The molecule has 1 aliphatic heterocycles. The van der Waals surface area contributed by atoms with Crippen LogP contribution in [0.3, 0.4) is 0 Å². The van der Waals surface area contributed by atoms with Crippen molar-refractivity contribution in [3.05, 3.63) is 41.7 Å². The lowest BCUT2D eigenvalue weighted by Crippen LogP contribution is -2.32. The molecule has 3 heterocycles. The number of aromatic nitrogens is 1. The second kappa shape index (κ2) is 4.89. The van der Waals surface area contributed by atoms with E-state index in [4.69, 9.17) is 8.94 Å². The Bertz CT molecular complexity index is 703. The van der Waals surface area contributed by atoms with Gasteiger partial charge in [-0.1, -0.05) is 5.16 Å². The van der Waals surface area contributed by atoms with Crippen LogP contribution in [0.2, 0.25) is 0 Å². The van der Waals surface area contributed by atoms with E-state index in [9.17, 15) is 14.4 Å². The molecule has 108 valence electrons. The normalized spacial score (nSPS) is 15.4. The largest absolute Gasteiger partial charge is 0.467 e. The molecule has 0 bridgehead atoms. The van der Waals surface area contributed by atoms with E-state index in [1.807, 2.05) is 0 Å². The highest BCUT2D eigenvalue weighted by Gasteiger charge is 2.44. The van der Waals surface area contributed by atoms with Gasteiger partial charge < -0.3 is 8.94 Å². The number of imide groups is 2. The molecule has 0 radical (unpaired) electrons. The number of nitrogens with zero attached hydrogens (tertiary/aromatic N) is 3. The SMILES string of the molecule is Cc1cc(CN2C(=O)C(=O)N(Cc3ccco3)C2=O)no1. The minimum Gasteiger partial charge on any atom is -0.467 e. The summed E-state index contributed by atoms with van der Waals surface area (Å²) in [6.07, 6.45) is 1.43. The van der Waals surface area contributed by atoms with Gasteiger partial charge in [0.1, 0.15) is 17.2 Å². The van der Waals surface area contributed by atoms with Gasteiger partial charge in [0.15, 0.2) is 0 Å². The first-order chi connectivity index (χ1) is 10.1. The second-order valence-corrected chi connectivity index (χ2v) is 4.57. The van der Waals surface area contributed by atoms with Crippen LogP contribution in [-0.4, -0.2) is 32.8 Å². The van der Waals surface area contributed by atoms with Crippen molar-refractivity contribution >= 4 is 17.8 Å². The van der Waals surface area contributed by atoms with Crippen molar-refractivity contribution in [1.29, 1.82) is 0 Å². The van der Waals surface area contributed by atoms with Crippen LogP contribution in [-0.2, 0) is 22.7 Å². The third-order valence-corrected chi connectivity index (χ3v) is 3.03. The molecule has 3 rings (SSSR count). The summed E-state index contributed by atoms with van der Waals surface area (Å²) in [6.45, 7) is 1.51. The molecule has 0 aromatic carbocycles. The fraction of sp³-hybridized carbons (Fsp3) is 0.231.